The van der Waals surface area contributed by atoms with Gasteiger partial charge in [0.05, 0.1) is 0 Å². The van der Waals surface area contributed by atoms with E-state index >= 15 is 0 Å². The fourth-order valence-corrected chi connectivity index (χ4v) is 1.42. The maximum Gasteiger partial charge on any atom is 0.303 e. The lowest BCUT2D eigenvalue weighted by molar-refractivity contribution is -0.137. The van der Waals surface area contributed by atoms with E-state index in [1.54, 1.807) is 0 Å². The van der Waals surface area contributed by atoms with Crippen LogP contribution in [0, 0.1) is 0 Å². The predicted molar refractivity (Wildman–Crippen MR) is 70.8 cm³/mol. The van der Waals surface area contributed by atoms with E-state index in [4.69, 9.17) is 5.11 Å². The zero-order valence-corrected chi connectivity index (χ0v) is 11.4. The molecule has 0 aromatic heterocycles. The summed E-state index contributed by atoms with van der Waals surface area (Å²) in [5.41, 5.74) is 0. The summed E-state index contributed by atoms with van der Waals surface area (Å²) in [4.78, 5) is 9.60. The van der Waals surface area contributed by atoms with Crippen LogP contribution in [0.25, 0.3) is 0 Å². The Labute approximate surface area is 101 Å². The van der Waals surface area contributed by atoms with Gasteiger partial charge in [-0.1, -0.05) is 72.1 Å². The summed E-state index contributed by atoms with van der Waals surface area (Å²) < 4.78 is 0. The molecule has 0 saturated heterocycles. The monoisotopic (exact) mass is 230 g/mol. The van der Waals surface area contributed by atoms with Crippen LogP contribution in [0.2, 0.25) is 0 Å². The zero-order chi connectivity index (χ0) is 12.6. The molecule has 1 N–H and O–H groups in total. The number of carboxylic acid groups (broad SMARTS) is 1. The highest BCUT2D eigenvalue weighted by Crippen LogP contribution is 2.07. The smallest absolute Gasteiger partial charge is 0.303 e. The first-order valence-electron chi connectivity index (χ1n) is 6.90. The molecule has 0 aromatic rings. The third-order valence-corrected chi connectivity index (χ3v) is 2.42. The molecule has 0 aliphatic carbocycles. The molecular formula is C14H30O2. The minimum Gasteiger partial charge on any atom is -0.481 e. The molecule has 0 unspecified atom stereocenters. The highest BCUT2D eigenvalue weighted by atomic mass is 16.4. The van der Waals surface area contributed by atoms with Gasteiger partial charge in [-0.25, -0.2) is 0 Å². The van der Waals surface area contributed by atoms with Gasteiger partial charge in [0, 0.05) is 6.42 Å². The average Bonchev–Trinajstić information content (AvgIpc) is 2.24. The minimum atomic E-state index is -0.711. The number of hydrogen-bond donors (Lipinski definition) is 1. The summed E-state index contributed by atoms with van der Waals surface area (Å²) in [6.07, 6.45) is 12.5. The van der Waals surface area contributed by atoms with Crippen molar-refractivity contribution in [3.8, 4) is 0 Å². The largest absolute Gasteiger partial charge is 0.481 e. The SMILES string of the molecule is CCCC(=O)O.CCCCCCCCCC. The second kappa shape index (κ2) is 16.9. The first kappa shape index (κ1) is 17.9. The summed E-state index contributed by atoms with van der Waals surface area (Å²) in [5.74, 6) is -0.711. The van der Waals surface area contributed by atoms with Crippen molar-refractivity contribution in [2.45, 2.75) is 85.0 Å². The van der Waals surface area contributed by atoms with Crippen LogP contribution >= 0.6 is 0 Å². The first-order chi connectivity index (χ1) is 7.68. The van der Waals surface area contributed by atoms with Crippen LogP contribution in [-0.4, -0.2) is 11.1 Å². The minimum absolute atomic E-state index is 0.292. The highest BCUT2D eigenvalue weighted by molar-refractivity contribution is 5.66. The van der Waals surface area contributed by atoms with Crippen molar-refractivity contribution in [3.63, 3.8) is 0 Å². The second-order valence-electron chi connectivity index (χ2n) is 4.27. The fraction of sp³-hybridized carbons (Fsp3) is 0.929. The molecule has 0 fully saturated rings. The van der Waals surface area contributed by atoms with E-state index in [0.29, 0.717) is 6.42 Å². The quantitative estimate of drug-likeness (QED) is 0.565. The highest BCUT2D eigenvalue weighted by Gasteiger charge is 1.88. The van der Waals surface area contributed by atoms with Gasteiger partial charge >= 0.3 is 5.97 Å². The summed E-state index contributed by atoms with van der Waals surface area (Å²) >= 11 is 0. The zero-order valence-electron chi connectivity index (χ0n) is 11.4. The third kappa shape index (κ3) is 23.4. The lowest BCUT2D eigenvalue weighted by atomic mass is 10.1. The summed E-state index contributed by atoms with van der Waals surface area (Å²) in [6, 6.07) is 0. The van der Waals surface area contributed by atoms with Crippen molar-refractivity contribution in [2.24, 2.45) is 0 Å². The van der Waals surface area contributed by atoms with Crippen LogP contribution in [0.3, 0.4) is 0 Å². The van der Waals surface area contributed by atoms with Gasteiger partial charge in [-0.15, -0.1) is 0 Å². The number of carbonyl (C=O) groups is 1. The Balaban J connectivity index is 0. The molecular weight excluding hydrogens is 200 g/mol. The van der Waals surface area contributed by atoms with Gasteiger partial charge in [0.15, 0.2) is 0 Å². The first-order valence-corrected chi connectivity index (χ1v) is 6.90. The molecule has 0 bridgehead atoms. The van der Waals surface area contributed by atoms with E-state index in [-0.39, 0.29) is 0 Å². The average molecular weight is 230 g/mol. The Kier molecular flexibility index (Phi) is 18.8. The molecule has 0 amide bonds. The van der Waals surface area contributed by atoms with Crippen LogP contribution in [0.15, 0.2) is 0 Å². The molecule has 0 atom stereocenters. The Morgan fingerprint density at radius 3 is 1.31 bits per heavy atom. The predicted octanol–water partition coefficient (Wildman–Crippen LogP) is 5.02. The Bertz CT molecular complexity index is 125. The van der Waals surface area contributed by atoms with Crippen molar-refractivity contribution < 1.29 is 9.90 Å². The summed E-state index contributed by atoms with van der Waals surface area (Å²) in [6.45, 7) is 6.38. The molecule has 0 aliphatic rings. The molecule has 0 saturated carbocycles. The van der Waals surface area contributed by atoms with E-state index in [9.17, 15) is 4.79 Å². The van der Waals surface area contributed by atoms with Crippen LogP contribution in [0.1, 0.15) is 85.0 Å². The van der Waals surface area contributed by atoms with Crippen molar-refractivity contribution in [2.75, 3.05) is 0 Å². The molecule has 0 heterocycles. The normalized spacial score (nSPS) is 9.44. The second-order valence-corrected chi connectivity index (χ2v) is 4.27. The van der Waals surface area contributed by atoms with Gasteiger partial charge in [-0.05, 0) is 6.42 Å². The van der Waals surface area contributed by atoms with Gasteiger partial charge in [0.2, 0.25) is 0 Å². The molecule has 0 radical (unpaired) electrons. The Morgan fingerprint density at radius 1 is 0.750 bits per heavy atom. The molecule has 0 spiro atoms. The fourth-order valence-electron chi connectivity index (χ4n) is 1.42. The van der Waals surface area contributed by atoms with E-state index in [1.807, 2.05) is 6.92 Å². The molecule has 2 heteroatoms. The number of carboxylic acids is 1. The topological polar surface area (TPSA) is 37.3 Å². The summed E-state index contributed by atoms with van der Waals surface area (Å²) in [7, 11) is 0. The van der Waals surface area contributed by atoms with Gasteiger partial charge < -0.3 is 5.11 Å². The number of rotatable bonds is 9. The van der Waals surface area contributed by atoms with Crippen LogP contribution in [0.5, 0.6) is 0 Å². The maximum atomic E-state index is 9.60. The number of hydrogen-bond acceptors (Lipinski definition) is 1. The van der Waals surface area contributed by atoms with Gasteiger partial charge in [-0.3, -0.25) is 4.79 Å². The Morgan fingerprint density at radius 2 is 1.12 bits per heavy atom. The van der Waals surface area contributed by atoms with E-state index in [1.165, 1.54) is 51.4 Å². The lowest BCUT2D eigenvalue weighted by Gasteiger charge is -1.97. The van der Waals surface area contributed by atoms with Crippen molar-refractivity contribution >= 4 is 5.97 Å². The van der Waals surface area contributed by atoms with Gasteiger partial charge in [0.1, 0.15) is 0 Å². The molecule has 0 rings (SSSR count). The van der Waals surface area contributed by atoms with Crippen molar-refractivity contribution in [1.82, 2.24) is 0 Å². The van der Waals surface area contributed by atoms with E-state index < -0.39 is 5.97 Å². The lowest BCUT2D eigenvalue weighted by Crippen LogP contribution is -1.90. The molecule has 0 aromatic carbocycles. The summed E-state index contributed by atoms with van der Waals surface area (Å²) in [5, 5.41) is 7.91. The van der Waals surface area contributed by atoms with Crippen LogP contribution < -0.4 is 0 Å². The van der Waals surface area contributed by atoms with E-state index in [2.05, 4.69) is 13.8 Å². The van der Waals surface area contributed by atoms with Crippen LogP contribution in [-0.2, 0) is 4.79 Å². The van der Waals surface area contributed by atoms with Gasteiger partial charge in [-0.2, -0.15) is 0 Å². The molecule has 98 valence electrons. The molecule has 16 heavy (non-hydrogen) atoms. The number of unbranched alkanes of at least 4 members (excludes halogenated alkanes) is 7. The maximum absolute atomic E-state index is 9.60. The Hall–Kier alpha value is -0.530. The number of aliphatic carboxylic acids is 1. The standard InChI is InChI=1S/C10H22.C4H8O2/c1-3-5-7-9-10-8-6-4-2;1-2-3-4(5)6/h3-10H2,1-2H3;2-3H2,1H3,(H,5,6). The van der Waals surface area contributed by atoms with Crippen LogP contribution in [0.4, 0.5) is 0 Å². The van der Waals surface area contributed by atoms with Gasteiger partial charge in [0.25, 0.3) is 0 Å². The molecule has 0 aliphatic heterocycles. The van der Waals surface area contributed by atoms with E-state index in [0.717, 1.165) is 6.42 Å². The van der Waals surface area contributed by atoms with Crippen molar-refractivity contribution in [3.05, 3.63) is 0 Å². The van der Waals surface area contributed by atoms with Crippen molar-refractivity contribution in [1.29, 1.82) is 0 Å². The molecule has 2 nitrogen and oxygen atoms in total. The third-order valence-electron chi connectivity index (χ3n) is 2.42.